The number of hydrogen-bond donors (Lipinski definition) is 2. The van der Waals surface area contributed by atoms with E-state index in [2.05, 4.69) is 5.32 Å². The SMILES string of the molecule is CCOCCCNC(=O)c1ccccc1SCc1occc1C(=O)O. The highest BCUT2D eigenvalue weighted by atomic mass is 32.2. The first-order valence-electron chi connectivity index (χ1n) is 8.01. The number of benzene rings is 1. The van der Waals surface area contributed by atoms with Crippen molar-refractivity contribution >= 4 is 23.6 Å². The molecule has 0 unspecified atom stereocenters. The number of amides is 1. The Hall–Kier alpha value is -2.25. The van der Waals surface area contributed by atoms with Crippen LogP contribution in [-0.2, 0) is 10.5 Å². The standard InChI is InChI=1S/C18H21NO5S/c1-2-23-10-5-9-19-17(20)14-6-3-4-7-16(14)25-12-15-13(18(21)22)8-11-24-15/h3-4,6-8,11H,2,5,9-10,12H2,1H3,(H,19,20)(H,21,22). The number of ether oxygens (including phenoxy) is 1. The number of nitrogens with one attached hydrogen (secondary N) is 1. The molecule has 0 aliphatic carbocycles. The first-order chi connectivity index (χ1) is 12.1. The molecule has 0 radical (unpaired) electrons. The summed E-state index contributed by atoms with van der Waals surface area (Å²) >= 11 is 1.37. The van der Waals surface area contributed by atoms with Crippen LogP contribution in [0.4, 0.5) is 0 Å². The van der Waals surface area contributed by atoms with Gasteiger partial charge in [0.2, 0.25) is 0 Å². The Bertz CT molecular complexity index is 713. The molecule has 0 fully saturated rings. The van der Waals surface area contributed by atoms with E-state index in [1.165, 1.54) is 24.1 Å². The fourth-order valence-electron chi connectivity index (χ4n) is 2.18. The predicted molar refractivity (Wildman–Crippen MR) is 95.1 cm³/mol. The zero-order valence-corrected chi connectivity index (χ0v) is 14.8. The van der Waals surface area contributed by atoms with Crippen molar-refractivity contribution < 1.29 is 23.8 Å². The minimum Gasteiger partial charge on any atom is -0.478 e. The molecule has 1 aromatic heterocycles. The van der Waals surface area contributed by atoms with Gasteiger partial charge in [0.1, 0.15) is 11.3 Å². The molecule has 134 valence electrons. The average molecular weight is 363 g/mol. The number of carboxylic acid groups (broad SMARTS) is 1. The molecule has 7 heteroatoms. The summed E-state index contributed by atoms with van der Waals surface area (Å²) in [4.78, 5) is 24.2. The van der Waals surface area contributed by atoms with E-state index in [1.54, 1.807) is 12.1 Å². The summed E-state index contributed by atoms with van der Waals surface area (Å²) in [5.74, 6) is -0.463. The van der Waals surface area contributed by atoms with Gasteiger partial charge < -0.3 is 19.6 Å². The first kappa shape index (κ1) is 19.1. The molecule has 1 aromatic carbocycles. The highest BCUT2D eigenvalue weighted by Crippen LogP contribution is 2.28. The van der Waals surface area contributed by atoms with Gasteiger partial charge in [-0.2, -0.15) is 0 Å². The van der Waals surface area contributed by atoms with Gasteiger partial charge in [0.05, 0.1) is 17.6 Å². The Morgan fingerprint density at radius 1 is 1.24 bits per heavy atom. The molecule has 0 atom stereocenters. The van der Waals surface area contributed by atoms with Gasteiger partial charge in [0.25, 0.3) is 5.91 Å². The van der Waals surface area contributed by atoms with Crippen molar-refractivity contribution in [1.29, 1.82) is 0 Å². The van der Waals surface area contributed by atoms with Gasteiger partial charge in [-0.3, -0.25) is 4.79 Å². The highest BCUT2D eigenvalue weighted by molar-refractivity contribution is 7.98. The molecular formula is C18H21NO5S. The normalized spacial score (nSPS) is 10.6. The van der Waals surface area contributed by atoms with Crippen molar-refractivity contribution in [3.8, 4) is 0 Å². The molecule has 1 amide bonds. The van der Waals surface area contributed by atoms with Gasteiger partial charge in [0, 0.05) is 24.7 Å². The second-order valence-electron chi connectivity index (χ2n) is 5.15. The third-order valence-corrected chi connectivity index (χ3v) is 4.49. The van der Waals surface area contributed by atoms with Crippen LogP contribution in [0.2, 0.25) is 0 Å². The smallest absolute Gasteiger partial charge is 0.339 e. The van der Waals surface area contributed by atoms with E-state index in [4.69, 9.17) is 14.3 Å². The molecule has 2 N–H and O–H groups in total. The maximum atomic E-state index is 12.4. The van der Waals surface area contributed by atoms with Crippen LogP contribution in [-0.4, -0.2) is 36.7 Å². The zero-order chi connectivity index (χ0) is 18.1. The van der Waals surface area contributed by atoms with E-state index < -0.39 is 5.97 Å². The lowest BCUT2D eigenvalue weighted by molar-refractivity contribution is 0.0694. The van der Waals surface area contributed by atoms with Gasteiger partial charge >= 0.3 is 5.97 Å². The number of carboxylic acids is 1. The summed E-state index contributed by atoms with van der Waals surface area (Å²) < 4.78 is 10.5. The second-order valence-corrected chi connectivity index (χ2v) is 6.17. The molecule has 1 heterocycles. The van der Waals surface area contributed by atoms with Crippen molar-refractivity contribution in [3.05, 3.63) is 53.5 Å². The second kappa shape index (κ2) is 9.90. The maximum Gasteiger partial charge on any atom is 0.339 e. The number of rotatable bonds is 10. The van der Waals surface area contributed by atoms with E-state index >= 15 is 0 Å². The Balaban J connectivity index is 1.96. The van der Waals surface area contributed by atoms with Gasteiger partial charge in [-0.15, -0.1) is 11.8 Å². The van der Waals surface area contributed by atoms with Crippen LogP contribution in [0.1, 0.15) is 39.8 Å². The monoisotopic (exact) mass is 363 g/mol. The van der Waals surface area contributed by atoms with Gasteiger partial charge in [-0.1, -0.05) is 12.1 Å². The molecule has 0 saturated carbocycles. The van der Waals surface area contributed by atoms with E-state index in [0.717, 1.165) is 11.3 Å². The summed E-state index contributed by atoms with van der Waals surface area (Å²) in [6.45, 7) is 3.75. The van der Waals surface area contributed by atoms with Gasteiger partial charge in [-0.25, -0.2) is 4.79 Å². The third-order valence-electron chi connectivity index (χ3n) is 3.42. The number of carbonyl (C=O) groups excluding carboxylic acids is 1. The van der Waals surface area contributed by atoms with E-state index in [0.29, 0.717) is 36.8 Å². The number of thioether (sulfide) groups is 1. The average Bonchev–Trinajstić information content (AvgIpc) is 3.09. The molecule has 2 aromatic rings. The van der Waals surface area contributed by atoms with Crippen LogP contribution in [0.15, 0.2) is 45.9 Å². The fourth-order valence-corrected chi connectivity index (χ4v) is 3.18. The van der Waals surface area contributed by atoms with Gasteiger partial charge in [0.15, 0.2) is 0 Å². The Morgan fingerprint density at radius 3 is 2.80 bits per heavy atom. The summed E-state index contributed by atoms with van der Waals surface area (Å²) in [6.07, 6.45) is 2.11. The lowest BCUT2D eigenvalue weighted by Crippen LogP contribution is -2.25. The number of furan rings is 1. The lowest BCUT2D eigenvalue weighted by Gasteiger charge is -2.10. The van der Waals surface area contributed by atoms with Crippen LogP contribution in [0.5, 0.6) is 0 Å². The predicted octanol–water partition coefficient (Wildman–Crippen LogP) is 3.43. The van der Waals surface area contributed by atoms with Crippen molar-refractivity contribution in [1.82, 2.24) is 5.32 Å². The quantitative estimate of drug-likeness (QED) is 0.497. The topological polar surface area (TPSA) is 88.8 Å². The third kappa shape index (κ3) is 5.65. The minimum absolute atomic E-state index is 0.144. The van der Waals surface area contributed by atoms with Crippen molar-refractivity contribution in [2.75, 3.05) is 19.8 Å². The lowest BCUT2D eigenvalue weighted by atomic mass is 10.2. The van der Waals surface area contributed by atoms with Crippen LogP contribution < -0.4 is 5.32 Å². The van der Waals surface area contributed by atoms with Crippen LogP contribution in [0.25, 0.3) is 0 Å². The number of aromatic carboxylic acids is 1. The summed E-state index contributed by atoms with van der Waals surface area (Å²) in [5, 5.41) is 12.0. The number of carbonyl (C=O) groups is 2. The van der Waals surface area contributed by atoms with Crippen molar-refractivity contribution in [3.63, 3.8) is 0 Å². The van der Waals surface area contributed by atoms with Crippen molar-refractivity contribution in [2.45, 2.75) is 24.0 Å². The number of hydrogen-bond acceptors (Lipinski definition) is 5. The molecule has 2 rings (SSSR count). The zero-order valence-electron chi connectivity index (χ0n) is 14.0. The van der Waals surface area contributed by atoms with E-state index in [-0.39, 0.29) is 11.5 Å². The Labute approximate surface area is 150 Å². The minimum atomic E-state index is -1.02. The molecule has 6 nitrogen and oxygen atoms in total. The Morgan fingerprint density at radius 2 is 2.04 bits per heavy atom. The van der Waals surface area contributed by atoms with Crippen molar-refractivity contribution in [2.24, 2.45) is 0 Å². The van der Waals surface area contributed by atoms with Gasteiger partial charge in [-0.05, 0) is 31.5 Å². The van der Waals surface area contributed by atoms with E-state index in [9.17, 15) is 9.59 Å². The summed E-state index contributed by atoms with van der Waals surface area (Å²) in [7, 11) is 0. The molecule has 0 aliphatic heterocycles. The highest BCUT2D eigenvalue weighted by Gasteiger charge is 2.16. The molecule has 0 bridgehead atoms. The molecule has 0 aliphatic rings. The van der Waals surface area contributed by atoms with E-state index in [1.807, 2.05) is 19.1 Å². The first-order valence-corrected chi connectivity index (χ1v) is 8.99. The molecular weight excluding hydrogens is 342 g/mol. The summed E-state index contributed by atoms with van der Waals surface area (Å²) in [5.41, 5.74) is 0.706. The molecule has 25 heavy (non-hydrogen) atoms. The Kier molecular flexibility index (Phi) is 7.56. The molecule has 0 saturated heterocycles. The largest absolute Gasteiger partial charge is 0.478 e. The maximum absolute atomic E-state index is 12.4. The molecule has 0 spiro atoms. The summed E-state index contributed by atoms with van der Waals surface area (Å²) in [6, 6.07) is 8.65. The van der Waals surface area contributed by atoms with Crippen LogP contribution >= 0.6 is 11.8 Å². The fraction of sp³-hybridized carbons (Fsp3) is 0.333. The van der Waals surface area contributed by atoms with Crippen LogP contribution in [0, 0.1) is 0 Å². The van der Waals surface area contributed by atoms with Crippen LogP contribution in [0.3, 0.4) is 0 Å².